The van der Waals surface area contributed by atoms with Gasteiger partial charge in [0, 0.05) is 30.4 Å². The molecule has 2 nitrogen and oxygen atoms in total. The Bertz CT molecular complexity index is 487. The third-order valence-electron chi connectivity index (χ3n) is 3.67. The Morgan fingerprint density at radius 1 is 1.10 bits per heavy atom. The Morgan fingerprint density at radius 2 is 1.81 bits per heavy atom. The van der Waals surface area contributed by atoms with E-state index in [1.807, 2.05) is 12.1 Å². The second kappa shape index (κ2) is 8.07. The molecule has 1 aromatic rings. The second-order valence-electron chi connectivity index (χ2n) is 5.33. The van der Waals surface area contributed by atoms with E-state index in [9.17, 15) is 0 Å². The van der Waals surface area contributed by atoms with Crippen molar-refractivity contribution in [2.24, 2.45) is 0 Å². The van der Waals surface area contributed by atoms with Crippen LogP contribution in [0, 0.1) is 0 Å². The predicted octanol–water partition coefficient (Wildman–Crippen LogP) is 4.94. The molecule has 4 heteroatoms. The van der Waals surface area contributed by atoms with Gasteiger partial charge in [0.1, 0.15) is 5.76 Å². The summed E-state index contributed by atoms with van der Waals surface area (Å²) < 4.78 is 12.0. The molecule has 0 heterocycles. The van der Waals surface area contributed by atoms with Crippen molar-refractivity contribution in [1.82, 2.24) is 0 Å². The fraction of sp³-hybridized carbons (Fsp3) is 0.529. The van der Waals surface area contributed by atoms with Gasteiger partial charge in [0.05, 0.1) is 12.2 Å². The normalized spacial score (nSPS) is 20.8. The molecule has 0 N–H and O–H groups in total. The van der Waals surface area contributed by atoms with Gasteiger partial charge in [-0.3, -0.25) is 0 Å². The first-order valence-corrected chi connectivity index (χ1v) is 8.47. The zero-order valence-electron chi connectivity index (χ0n) is 12.4. The van der Waals surface area contributed by atoms with E-state index >= 15 is 0 Å². The lowest BCUT2D eigenvalue weighted by atomic mass is 9.83. The molecule has 1 aliphatic carbocycles. The number of halogens is 2. The molecule has 0 bridgehead atoms. The molecule has 1 unspecified atom stereocenters. The first-order chi connectivity index (χ1) is 10.2. The van der Waals surface area contributed by atoms with E-state index in [0.717, 1.165) is 30.6 Å². The van der Waals surface area contributed by atoms with Gasteiger partial charge in [-0.1, -0.05) is 24.3 Å². The Kier molecular flexibility index (Phi) is 6.40. The lowest BCUT2D eigenvalue weighted by Crippen LogP contribution is -2.30. The van der Waals surface area contributed by atoms with E-state index in [1.165, 1.54) is 5.56 Å². The molecule has 0 saturated carbocycles. The first kappa shape index (κ1) is 16.7. The fourth-order valence-electron chi connectivity index (χ4n) is 2.53. The highest BCUT2D eigenvalue weighted by Crippen LogP contribution is 2.40. The minimum Gasteiger partial charge on any atom is -0.493 e. The van der Waals surface area contributed by atoms with Crippen molar-refractivity contribution in [1.29, 1.82) is 0 Å². The fourth-order valence-corrected chi connectivity index (χ4v) is 2.75. The number of alkyl halides is 2. The predicted molar refractivity (Wildman–Crippen MR) is 89.0 cm³/mol. The Balaban J connectivity index is 2.16. The summed E-state index contributed by atoms with van der Waals surface area (Å²) in [5.74, 6) is 2.18. The van der Waals surface area contributed by atoms with Gasteiger partial charge in [-0.2, -0.15) is 0 Å². The van der Waals surface area contributed by atoms with Crippen LogP contribution in [0.2, 0.25) is 0 Å². The zero-order chi connectivity index (χ0) is 15.1. The molecule has 1 atom stereocenters. The first-order valence-electron chi connectivity index (χ1n) is 7.40. The quantitative estimate of drug-likeness (QED) is 0.497. The summed E-state index contributed by atoms with van der Waals surface area (Å²) in [6, 6.07) is 8.28. The zero-order valence-corrected chi connectivity index (χ0v) is 13.9. The maximum Gasteiger partial charge on any atom is 0.123 e. The summed E-state index contributed by atoms with van der Waals surface area (Å²) >= 11 is 11.4. The highest BCUT2D eigenvalue weighted by Gasteiger charge is 2.33. The lowest BCUT2D eigenvalue weighted by molar-refractivity contribution is -0.0356. The molecule has 0 spiro atoms. The average molecular weight is 329 g/mol. The number of hydrogen-bond donors (Lipinski definition) is 0. The van der Waals surface area contributed by atoms with Crippen molar-refractivity contribution >= 4 is 29.0 Å². The van der Waals surface area contributed by atoms with Gasteiger partial charge in [0.2, 0.25) is 0 Å². The van der Waals surface area contributed by atoms with Crippen molar-refractivity contribution < 1.29 is 9.47 Å². The maximum atomic E-state index is 6.11. The molecule has 1 aromatic carbocycles. The molecule has 2 rings (SSSR count). The van der Waals surface area contributed by atoms with Gasteiger partial charge in [-0.25, -0.2) is 0 Å². The average Bonchev–Trinajstić information content (AvgIpc) is 2.51. The van der Waals surface area contributed by atoms with Crippen LogP contribution in [0.3, 0.4) is 0 Å². The van der Waals surface area contributed by atoms with Crippen LogP contribution < -0.4 is 0 Å². The third-order valence-corrected chi connectivity index (χ3v) is 4.21. The third kappa shape index (κ3) is 4.15. The smallest absolute Gasteiger partial charge is 0.123 e. The van der Waals surface area contributed by atoms with Gasteiger partial charge >= 0.3 is 0 Å². The van der Waals surface area contributed by atoms with Crippen molar-refractivity contribution in [2.45, 2.75) is 31.8 Å². The van der Waals surface area contributed by atoms with E-state index in [-0.39, 0.29) is 5.60 Å². The minimum absolute atomic E-state index is 0.304. The van der Waals surface area contributed by atoms with Crippen LogP contribution in [0.1, 0.15) is 37.3 Å². The minimum atomic E-state index is -0.304. The highest BCUT2D eigenvalue weighted by atomic mass is 35.5. The van der Waals surface area contributed by atoms with Crippen molar-refractivity contribution in [3.8, 4) is 0 Å². The number of fused-ring (bicyclic) bond motifs is 1. The number of rotatable bonds is 8. The molecule has 0 aromatic heterocycles. The molecule has 0 aliphatic heterocycles. The summed E-state index contributed by atoms with van der Waals surface area (Å²) in [6.07, 6.45) is 4.65. The summed E-state index contributed by atoms with van der Waals surface area (Å²) in [6.45, 7) is 3.45. The van der Waals surface area contributed by atoms with Gasteiger partial charge < -0.3 is 9.47 Å². The summed E-state index contributed by atoms with van der Waals surface area (Å²) in [5.41, 5.74) is 2.00. The molecule has 116 valence electrons. The Morgan fingerprint density at radius 3 is 2.57 bits per heavy atom. The Hall–Kier alpha value is -0.700. The Labute approximate surface area is 137 Å². The van der Waals surface area contributed by atoms with Crippen molar-refractivity contribution in [3.63, 3.8) is 0 Å². The van der Waals surface area contributed by atoms with Crippen LogP contribution in [-0.4, -0.2) is 25.0 Å². The summed E-state index contributed by atoms with van der Waals surface area (Å²) in [5, 5.41) is 0. The molecule has 0 radical (unpaired) electrons. The van der Waals surface area contributed by atoms with Crippen LogP contribution in [0.25, 0.3) is 5.76 Å². The van der Waals surface area contributed by atoms with E-state index in [2.05, 4.69) is 25.1 Å². The molecule has 0 saturated heterocycles. The number of hydrogen-bond acceptors (Lipinski definition) is 2. The van der Waals surface area contributed by atoms with E-state index in [1.54, 1.807) is 0 Å². The second-order valence-corrected chi connectivity index (χ2v) is 6.09. The van der Waals surface area contributed by atoms with Gasteiger partial charge in [0.15, 0.2) is 0 Å². The van der Waals surface area contributed by atoms with Gasteiger partial charge in [-0.15, -0.1) is 23.2 Å². The van der Waals surface area contributed by atoms with Gasteiger partial charge in [-0.05, 0) is 31.4 Å². The monoisotopic (exact) mass is 328 g/mol. The molecular formula is C17H22Cl2O2. The molecular weight excluding hydrogens is 307 g/mol. The number of benzene rings is 1. The van der Waals surface area contributed by atoms with Crippen LogP contribution in [0.15, 0.2) is 30.3 Å². The molecule has 1 aliphatic rings. The van der Waals surface area contributed by atoms with Crippen LogP contribution in [0.5, 0.6) is 0 Å². The van der Waals surface area contributed by atoms with Crippen LogP contribution >= 0.6 is 23.2 Å². The molecule has 21 heavy (non-hydrogen) atoms. The van der Waals surface area contributed by atoms with Crippen LogP contribution in [-0.2, 0) is 15.1 Å². The highest BCUT2D eigenvalue weighted by molar-refractivity contribution is 6.18. The number of ether oxygens (including phenoxy) is 2. The largest absolute Gasteiger partial charge is 0.493 e. The SMILES string of the molecule is CC1(OCCCCl)CC=C(OCCCCl)c2ccccc21. The van der Waals surface area contributed by atoms with E-state index in [4.69, 9.17) is 32.7 Å². The van der Waals surface area contributed by atoms with E-state index in [0.29, 0.717) is 25.0 Å². The van der Waals surface area contributed by atoms with Crippen LogP contribution in [0.4, 0.5) is 0 Å². The standard InChI is InChI=1S/C17H22Cl2O2/c1-17(21-13-5-11-19)9-8-16(20-12-4-10-18)14-6-2-3-7-15(14)17/h2-3,6-8H,4-5,9-13H2,1H3. The topological polar surface area (TPSA) is 18.5 Å². The van der Waals surface area contributed by atoms with Crippen molar-refractivity contribution in [2.75, 3.05) is 25.0 Å². The lowest BCUT2D eigenvalue weighted by Gasteiger charge is -2.35. The van der Waals surface area contributed by atoms with Crippen molar-refractivity contribution in [3.05, 3.63) is 41.5 Å². The molecule has 0 fully saturated rings. The van der Waals surface area contributed by atoms with E-state index < -0.39 is 0 Å². The van der Waals surface area contributed by atoms with Gasteiger partial charge in [0.25, 0.3) is 0 Å². The summed E-state index contributed by atoms with van der Waals surface area (Å²) in [4.78, 5) is 0. The maximum absolute atomic E-state index is 6.11. The summed E-state index contributed by atoms with van der Waals surface area (Å²) in [7, 11) is 0. The molecule has 0 amide bonds.